The van der Waals surface area contributed by atoms with Gasteiger partial charge in [0.15, 0.2) is 0 Å². The van der Waals surface area contributed by atoms with E-state index >= 15 is 0 Å². The molecule has 0 aliphatic carbocycles. The van der Waals surface area contributed by atoms with E-state index in [4.69, 9.17) is 16.0 Å². The third-order valence-electron chi connectivity index (χ3n) is 5.07. The molecule has 1 aliphatic rings. The quantitative estimate of drug-likeness (QED) is 0.612. The van der Waals surface area contributed by atoms with Crippen LogP contribution in [0.4, 0.5) is 0 Å². The molecule has 0 spiro atoms. The fourth-order valence-electron chi connectivity index (χ4n) is 3.56. The van der Waals surface area contributed by atoms with E-state index in [0.717, 1.165) is 36.6 Å². The molecule has 3 aromatic rings. The van der Waals surface area contributed by atoms with Crippen LogP contribution in [0.3, 0.4) is 0 Å². The summed E-state index contributed by atoms with van der Waals surface area (Å²) in [6.07, 6.45) is 1.64. The van der Waals surface area contributed by atoms with Crippen LogP contribution in [-0.4, -0.2) is 17.4 Å². The topological polar surface area (TPSA) is 45.5 Å². The van der Waals surface area contributed by atoms with Crippen LogP contribution in [0.1, 0.15) is 29.7 Å². The third-order valence-corrected chi connectivity index (χ3v) is 5.40. The van der Waals surface area contributed by atoms with Crippen LogP contribution in [0.5, 0.6) is 0 Å². The number of nitrogens with zero attached hydrogens (tertiary/aromatic N) is 1. The molecular weight excluding hydrogens is 372 g/mol. The maximum Gasteiger partial charge on any atom is 0.222 e. The first-order chi connectivity index (χ1) is 13.7. The second-order valence-electron chi connectivity index (χ2n) is 7.04. The number of carbonyl (C=O) groups is 1. The lowest BCUT2D eigenvalue weighted by molar-refractivity contribution is -0.128. The number of furan rings is 1. The molecular formula is C23H23ClN2O2. The van der Waals surface area contributed by atoms with Crippen molar-refractivity contribution in [3.63, 3.8) is 0 Å². The smallest absolute Gasteiger partial charge is 0.222 e. The van der Waals surface area contributed by atoms with Crippen molar-refractivity contribution in [1.82, 2.24) is 10.2 Å². The lowest BCUT2D eigenvalue weighted by Crippen LogP contribution is -2.25. The van der Waals surface area contributed by atoms with Gasteiger partial charge in [0.25, 0.3) is 0 Å². The SMILES string of the molecule is O=C1CCCN1Cc1ccccc1CNCc1ccc(-c2ccccc2Cl)o1. The Balaban J connectivity index is 1.37. The molecule has 2 heterocycles. The maximum atomic E-state index is 11.9. The molecule has 144 valence electrons. The number of benzene rings is 2. The lowest BCUT2D eigenvalue weighted by Gasteiger charge is -2.18. The van der Waals surface area contributed by atoms with Gasteiger partial charge in [0, 0.05) is 31.6 Å². The van der Waals surface area contributed by atoms with Crippen molar-refractivity contribution in [2.75, 3.05) is 6.54 Å². The van der Waals surface area contributed by atoms with Crippen molar-refractivity contribution < 1.29 is 9.21 Å². The molecule has 4 nitrogen and oxygen atoms in total. The Kier molecular flexibility index (Phi) is 5.79. The highest BCUT2D eigenvalue weighted by molar-refractivity contribution is 6.33. The van der Waals surface area contributed by atoms with Crippen LogP contribution in [0.25, 0.3) is 11.3 Å². The van der Waals surface area contributed by atoms with E-state index in [0.29, 0.717) is 24.5 Å². The Bertz CT molecular complexity index is 966. The van der Waals surface area contributed by atoms with Crippen molar-refractivity contribution in [2.45, 2.75) is 32.5 Å². The summed E-state index contributed by atoms with van der Waals surface area (Å²) in [6, 6.07) is 19.9. The highest BCUT2D eigenvalue weighted by atomic mass is 35.5. The van der Waals surface area contributed by atoms with Gasteiger partial charge in [0.2, 0.25) is 5.91 Å². The van der Waals surface area contributed by atoms with Gasteiger partial charge in [0.05, 0.1) is 11.6 Å². The van der Waals surface area contributed by atoms with Gasteiger partial charge < -0.3 is 14.6 Å². The predicted molar refractivity (Wildman–Crippen MR) is 111 cm³/mol. The number of nitrogens with one attached hydrogen (secondary N) is 1. The van der Waals surface area contributed by atoms with Gasteiger partial charge in [-0.2, -0.15) is 0 Å². The molecule has 1 aromatic heterocycles. The van der Waals surface area contributed by atoms with Gasteiger partial charge in [0.1, 0.15) is 11.5 Å². The number of amides is 1. The standard InChI is InChI=1S/C23H23ClN2O2/c24-21-9-4-3-8-20(21)22-12-11-19(28-22)15-25-14-17-6-1-2-7-18(17)16-26-13-5-10-23(26)27/h1-4,6-9,11-12,25H,5,10,13-16H2. The first kappa shape index (κ1) is 18.8. The van der Waals surface area contributed by atoms with E-state index in [2.05, 4.69) is 17.4 Å². The first-order valence-electron chi connectivity index (χ1n) is 9.59. The van der Waals surface area contributed by atoms with Crippen LogP contribution < -0.4 is 5.32 Å². The van der Waals surface area contributed by atoms with E-state index in [9.17, 15) is 4.79 Å². The summed E-state index contributed by atoms with van der Waals surface area (Å²) < 4.78 is 5.94. The first-order valence-corrected chi connectivity index (χ1v) is 9.97. The summed E-state index contributed by atoms with van der Waals surface area (Å²) >= 11 is 6.25. The lowest BCUT2D eigenvalue weighted by atomic mass is 10.1. The molecule has 2 aromatic carbocycles. The number of rotatable bonds is 7. The Morgan fingerprint density at radius 2 is 1.75 bits per heavy atom. The largest absolute Gasteiger partial charge is 0.460 e. The zero-order valence-electron chi connectivity index (χ0n) is 15.7. The molecule has 0 saturated carbocycles. The van der Waals surface area contributed by atoms with E-state index in [-0.39, 0.29) is 5.91 Å². The third kappa shape index (κ3) is 4.29. The summed E-state index contributed by atoms with van der Waals surface area (Å²) in [5.74, 6) is 1.89. The zero-order chi connectivity index (χ0) is 19.3. The second kappa shape index (κ2) is 8.63. The van der Waals surface area contributed by atoms with E-state index < -0.39 is 0 Å². The monoisotopic (exact) mass is 394 g/mol. The van der Waals surface area contributed by atoms with Crippen molar-refractivity contribution in [3.8, 4) is 11.3 Å². The average Bonchev–Trinajstić information content (AvgIpc) is 3.33. The number of likely N-dealkylation sites (tertiary alicyclic amines) is 1. The van der Waals surface area contributed by atoms with Crippen LogP contribution in [0.2, 0.25) is 5.02 Å². The molecule has 1 fully saturated rings. The van der Waals surface area contributed by atoms with Crippen LogP contribution in [0, 0.1) is 0 Å². The van der Waals surface area contributed by atoms with Gasteiger partial charge >= 0.3 is 0 Å². The van der Waals surface area contributed by atoms with Gasteiger partial charge in [-0.05, 0) is 41.8 Å². The van der Waals surface area contributed by atoms with Gasteiger partial charge in [-0.3, -0.25) is 4.79 Å². The maximum absolute atomic E-state index is 11.9. The molecule has 1 N–H and O–H groups in total. The number of halogens is 1. The number of hydrogen-bond donors (Lipinski definition) is 1. The van der Waals surface area contributed by atoms with Crippen LogP contribution in [-0.2, 0) is 24.4 Å². The van der Waals surface area contributed by atoms with Crippen molar-refractivity contribution in [3.05, 3.63) is 82.6 Å². The molecule has 0 radical (unpaired) electrons. The number of hydrogen-bond acceptors (Lipinski definition) is 3. The molecule has 1 aliphatic heterocycles. The highest BCUT2D eigenvalue weighted by Gasteiger charge is 2.20. The summed E-state index contributed by atoms with van der Waals surface area (Å²) in [5.41, 5.74) is 3.30. The van der Waals surface area contributed by atoms with Crippen molar-refractivity contribution >= 4 is 17.5 Å². The number of carbonyl (C=O) groups excluding carboxylic acids is 1. The Labute approximate surface area is 170 Å². The average molecular weight is 395 g/mol. The van der Waals surface area contributed by atoms with Gasteiger partial charge in [-0.15, -0.1) is 0 Å². The molecule has 1 amide bonds. The fourth-order valence-corrected chi connectivity index (χ4v) is 3.79. The van der Waals surface area contributed by atoms with Gasteiger partial charge in [-0.1, -0.05) is 48.0 Å². The van der Waals surface area contributed by atoms with Crippen molar-refractivity contribution in [2.24, 2.45) is 0 Å². The van der Waals surface area contributed by atoms with Crippen molar-refractivity contribution in [1.29, 1.82) is 0 Å². The summed E-state index contributed by atoms with van der Waals surface area (Å²) in [6.45, 7) is 2.90. The zero-order valence-corrected chi connectivity index (χ0v) is 16.4. The minimum absolute atomic E-state index is 0.255. The predicted octanol–water partition coefficient (Wildman–Crippen LogP) is 5.01. The van der Waals surface area contributed by atoms with E-state index in [1.54, 1.807) is 0 Å². The van der Waals surface area contributed by atoms with Crippen LogP contribution in [0.15, 0.2) is 65.1 Å². The molecule has 0 atom stereocenters. The molecule has 1 saturated heterocycles. The highest BCUT2D eigenvalue weighted by Crippen LogP contribution is 2.29. The molecule has 4 rings (SSSR count). The molecule has 0 unspecified atom stereocenters. The molecule has 28 heavy (non-hydrogen) atoms. The summed E-state index contributed by atoms with van der Waals surface area (Å²) in [5, 5.41) is 4.13. The summed E-state index contributed by atoms with van der Waals surface area (Å²) in [4.78, 5) is 13.9. The van der Waals surface area contributed by atoms with Gasteiger partial charge in [-0.25, -0.2) is 0 Å². The molecule has 5 heteroatoms. The van der Waals surface area contributed by atoms with Crippen LogP contribution >= 0.6 is 11.6 Å². The Hall–Kier alpha value is -2.56. The fraction of sp³-hybridized carbons (Fsp3) is 0.261. The van der Waals surface area contributed by atoms with E-state index in [1.807, 2.05) is 53.4 Å². The Morgan fingerprint density at radius 1 is 0.964 bits per heavy atom. The molecule has 0 bridgehead atoms. The van der Waals surface area contributed by atoms with E-state index in [1.165, 1.54) is 11.1 Å². The summed E-state index contributed by atoms with van der Waals surface area (Å²) in [7, 11) is 0. The minimum Gasteiger partial charge on any atom is -0.460 e. The Morgan fingerprint density at radius 3 is 2.54 bits per heavy atom. The second-order valence-corrected chi connectivity index (χ2v) is 7.44. The normalized spacial score (nSPS) is 14.0. The minimum atomic E-state index is 0.255.